The monoisotopic (exact) mass is 292 g/mol. The second kappa shape index (κ2) is 9.97. The highest BCUT2D eigenvalue weighted by atomic mass is 16.5. The van der Waals surface area contributed by atoms with E-state index in [-0.39, 0.29) is 6.10 Å². The van der Waals surface area contributed by atoms with Gasteiger partial charge in [-0.05, 0) is 30.4 Å². The smallest absolute Gasteiger partial charge is 0.102 e. The molecule has 0 aliphatic carbocycles. The molecule has 1 N–H and O–H groups in total. The quantitative estimate of drug-likeness (QED) is 0.599. The van der Waals surface area contributed by atoms with Gasteiger partial charge in [0.05, 0.1) is 12.7 Å². The van der Waals surface area contributed by atoms with Gasteiger partial charge in [0, 0.05) is 0 Å². The first-order valence-electron chi connectivity index (χ1n) is 8.44. The summed E-state index contributed by atoms with van der Waals surface area (Å²) in [6, 6.07) is 8.21. The molecule has 0 aliphatic rings. The third kappa shape index (κ3) is 7.10. The number of rotatable bonds is 10. The molecule has 21 heavy (non-hydrogen) atoms. The standard InChI is InChI=1S/C19H32O2/c1-5-6-7-8-9-16(4)21-14-19(20)18-12-10-17(11-13-18)15(2)3/h10-13,15-16,19-20H,5-9,14H2,1-4H3. The molecule has 1 rings (SSSR count). The Hall–Kier alpha value is -0.860. The summed E-state index contributed by atoms with van der Waals surface area (Å²) in [5.74, 6) is 0.524. The number of unbranched alkanes of at least 4 members (excludes halogenated alkanes) is 3. The third-order valence-electron chi connectivity index (χ3n) is 3.99. The number of aliphatic hydroxyl groups is 1. The molecule has 0 fully saturated rings. The fourth-order valence-corrected chi connectivity index (χ4v) is 2.40. The van der Waals surface area contributed by atoms with Crippen molar-refractivity contribution in [3.05, 3.63) is 35.4 Å². The average Bonchev–Trinajstić information content (AvgIpc) is 2.49. The van der Waals surface area contributed by atoms with Crippen molar-refractivity contribution in [1.82, 2.24) is 0 Å². The number of hydrogen-bond donors (Lipinski definition) is 1. The van der Waals surface area contributed by atoms with Crippen LogP contribution in [0.5, 0.6) is 0 Å². The average molecular weight is 292 g/mol. The maximum atomic E-state index is 10.2. The summed E-state index contributed by atoms with van der Waals surface area (Å²) in [5.41, 5.74) is 2.24. The summed E-state index contributed by atoms with van der Waals surface area (Å²) in [5, 5.41) is 10.2. The lowest BCUT2D eigenvalue weighted by molar-refractivity contribution is -0.00651. The second-order valence-corrected chi connectivity index (χ2v) is 6.33. The molecule has 1 aromatic carbocycles. The van der Waals surface area contributed by atoms with Crippen molar-refractivity contribution in [2.24, 2.45) is 0 Å². The number of hydrogen-bond acceptors (Lipinski definition) is 2. The molecule has 2 heteroatoms. The lowest BCUT2D eigenvalue weighted by atomic mass is 10.0. The predicted octanol–water partition coefficient (Wildman–Crippen LogP) is 5.22. The molecule has 1 aromatic rings. The zero-order valence-electron chi connectivity index (χ0n) is 14.1. The van der Waals surface area contributed by atoms with E-state index in [1.807, 2.05) is 12.1 Å². The minimum Gasteiger partial charge on any atom is -0.386 e. The fourth-order valence-electron chi connectivity index (χ4n) is 2.40. The molecular formula is C19H32O2. The highest BCUT2D eigenvalue weighted by molar-refractivity contribution is 5.26. The van der Waals surface area contributed by atoms with E-state index in [0.717, 1.165) is 12.0 Å². The zero-order chi connectivity index (χ0) is 15.7. The van der Waals surface area contributed by atoms with Crippen LogP contribution in [-0.4, -0.2) is 17.8 Å². The predicted molar refractivity (Wildman–Crippen MR) is 89.7 cm³/mol. The summed E-state index contributed by atoms with van der Waals surface area (Å²) >= 11 is 0. The van der Waals surface area contributed by atoms with Crippen molar-refractivity contribution in [2.75, 3.05) is 6.61 Å². The summed E-state index contributed by atoms with van der Waals surface area (Å²) in [6.07, 6.45) is 5.85. The lowest BCUT2D eigenvalue weighted by Gasteiger charge is -2.17. The van der Waals surface area contributed by atoms with E-state index in [4.69, 9.17) is 4.74 Å². The SMILES string of the molecule is CCCCCCC(C)OCC(O)c1ccc(C(C)C)cc1. The normalized spacial score (nSPS) is 14.4. The first-order valence-corrected chi connectivity index (χ1v) is 8.44. The largest absolute Gasteiger partial charge is 0.386 e. The van der Waals surface area contributed by atoms with Gasteiger partial charge in [0.2, 0.25) is 0 Å². The molecule has 2 atom stereocenters. The van der Waals surface area contributed by atoms with Crippen LogP contribution in [0.15, 0.2) is 24.3 Å². The molecule has 0 saturated heterocycles. The molecule has 0 heterocycles. The number of aliphatic hydroxyl groups excluding tert-OH is 1. The Labute approximate surface area is 130 Å². The van der Waals surface area contributed by atoms with Crippen molar-refractivity contribution in [1.29, 1.82) is 0 Å². The van der Waals surface area contributed by atoms with Crippen LogP contribution in [0.25, 0.3) is 0 Å². The molecule has 120 valence electrons. The first-order chi connectivity index (χ1) is 10.0. The van der Waals surface area contributed by atoms with E-state index >= 15 is 0 Å². The molecule has 0 radical (unpaired) electrons. The van der Waals surface area contributed by atoms with Crippen LogP contribution in [0.1, 0.15) is 82.9 Å². The van der Waals surface area contributed by atoms with Gasteiger partial charge in [-0.2, -0.15) is 0 Å². The van der Waals surface area contributed by atoms with Gasteiger partial charge < -0.3 is 9.84 Å². The van der Waals surface area contributed by atoms with E-state index in [0.29, 0.717) is 12.5 Å². The Kier molecular flexibility index (Phi) is 8.63. The summed E-state index contributed by atoms with van der Waals surface area (Å²) in [4.78, 5) is 0. The molecule has 0 bridgehead atoms. The molecular weight excluding hydrogens is 260 g/mol. The number of ether oxygens (including phenoxy) is 1. The summed E-state index contributed by atoms with van der Waals surface area (Å²) in [7, 11) is 0. The second-order valence-electron chi connectivity index (χ2n) is 6.33. The van der Waals surface area contributed by atoms with Crippen molar-refractivity contribution in [3.8, 4) is 0 Å². The molecule has 2 unspecified atom stereocenters. The van der Waals surface area contributed by atoms with Gasteiger partial charge in [0.1, 0.15) is 6.10 Å². The molecule has 0 saturated carbocycles. The molecule has 0 aromatic heterocycles. The van der Waals surface area contributed by atoms with Gasteiger partial charge in [-0.25, -0.2) is 0 Å². The van der Waals surface area contributed by atoms with Crippen LogP contribution in [0.4, 0.5) is 0 Å². The lowest BCUT2D eigenvalue weighted by Crippen LogP contribution is -2.14. The van der Waals surface area contributed by atoms with Gasteiger partial charge >= 0.3 is 0 Å². The van der Waals surface area contributed by atoms with Crippen molar-refractivity contribution in [2.45, 2.75) is 77.9 Å². The van der Waals surface area contributed by atoms with Gasteiger partial charge in [-0.15, -0.1) is 0 Å². The van der Waals surface area contributed by atoms with E-state index < -0.39 is 6.10 Å². The topological polar surface area (TPSA) is 29.5 Å². The third-order valence-corrected chi connectivity index (χ3v) is 3.99. The van der Waals surface area contributed by atoms with E-state index in [1.165, 1.54) is 31.2 Å². The highest BCUT2D eigenvalue weighted by Crippen LogP contribution is 2.19. The Balaban J connectivity index is 2.30. The molecule has 0 aliphatic heterocycles. The zero-order valence-corrected chi connectivity index (χ0v) is 14.1. The maximum Gasteiger partial charge on any atom is 0.102 e. The minimum atomic E-state index is -0.524. The van der Waals surface area contributed by atoms with Crippen molar-refractivity contribution >= 4 is 0 Å². The van der Waals surface area contributed by atoms with Gasteiger partial charge in [-0.1, -0.05) is 70.7 Å². The highest BCUT2D eigenvalue weighted by Gasteiger charge is 2.11. The maximum absolute atomic E-state index is 10.2. The first kappa shape index (κ1) is 18.2. The van der Waals surface area contributed by atoms with E-state index in [2.05, 4.69) is 39.8 Å². The minimum absolute atomic E-state index is 0.228. The molecule has 2 nitrogen and oxygen atoms in total. The van der Waals surface area contributed by atoms with Crippen LogP contribution >= 0.6 is 0 Å². The van der Waals surface area contributed by atoms with Crippen LogP contribution < -0.4 is 0 Å². The van der Waals surface area contributed by atoms with Gasteiger partial charge in [0.15, 0.2) is 0 Å². The van der Waals surface area contributed by atoms with Gasteiger partial charge in [-0.3, -0.25) is 0 Å². The Bertz CT molecular complexity index is 370. The van der Waals surface area contributed by atoms with Crippen molar-refractivity contribution in [3.63, 3.8) is 0 Å². The van der Waals surface area contributed by atoms with Crippen LogP contribution in [-0.2, 0) is 4.74 Å². The van der Waals surface area contributed by atoms with Crippen molar-refractivity contribution < 1.29 is 9.84 Å². The van der Waals surface area contributed by atoms with Crippen LogP contribution in [0.2, 0.25) is 0 Å². The van der Waals surface area contributed by atoms with E-state index in [9.17, 15) is 5.11 Å². The van der Waals surface area contributed by atoms with Crippen LogP contribution in [0, 0.1) is 0 Å². The fraction of sp³-hybridized carbons (Fsp3) is 0.684. The summed E-state index contributed by atoms with van der Waals surface area (Å²) in [6.45, 7) is 9.06. The van der Waals surface area contributed by atoms with Gasteiger partial charge in [0.25, 0.3) is 0 Å². The summed E-state index contributed by atoms with van der Waals surface area (Å²) < 4.78 is 5.77. The Morgan fingerprint density at radius 2 is 1.57 bits per heavy atom. The van der Waals surface area contributed by atoms with Crippen LogP contribution in [0.3, 0.4) is 0 Å². The number of benzene rings is 1. The molecule has 0 amide bonds. The Morgan fingerprint density at radius 3 is 2.14 bits per heavy atom. The molecule has 0 spiro atoms. The Morgan fingerprint density at radius 1 is 0.952 bits per heavy atom. The van der Waals surface area contributed by atoms with E-state index in [1.54, 1.807) is 0 Å².